The number of nitro groups is 1. The fourth-order valence-electron chi connectivity index (χ4n) is 2.36. The number of anilines is 1. The van der Waals surface area contributed by atoms with Crippen molar-refractivity contribution in [3.05, 3.63) is 28.3 Å². The molecule has 1 saturated heterocycles. The van der Waals surface area contributed by atoms with Crippen LogP contribution in [-0.4, -0.2) is 47.2 Å². The Morgan fingerprint density at radius 1 is 1.62 bits per heavy atom. The van der Waals surface area contributed by atoms with Gasteiger partial charge < -0.3 is 14.7 Å². The van der Waals surface area contributed by atoms with Crippen molar-refractivity contribution in [3.8, 4) is 5.75 Å². The van der Waals surface area contributed by atoms with Gasteiger partial charge in [0.2, 0.25) is 0 Å². The second-order valence-electron chi connectivity index (χ2n) is 4.63. The number of carbonyl (C=O) groups is 1. The van der Waals surface area contributed by atoms with E-state index < -0.39 is 10.9 Å². The summed E-state index contributed by atoms with van der Waals surface area (Å²) < 4.78 is 5.13. The number of hydrogen-bond donors (Lipinski definition) is 1. The molecule has 0 spiro atoms. The minimum Gasteiger partial charge on any atom is -0.497 e. The van der Waals surface area contributed by atoms with Crippen LogP contribution in [0.25, 0.3) is 0 Å². The zero-order valence-electron chi connectivity index (χ0n) is 11.5. The molecule has 0 saturated carbocycles. The van der Waals surface area contributed by atoms with Gasteiger partial charge in [-0.05, 0) is 6.07 Å². The Labute approximate surface area is 126 Å². The lowest BCUT2D eigenvalue weighted by molar-refractivity contribution is -0.384. The molecule has 1 aromatic rings. The molecule has 7 nitrogen and oxygen atoms in total. The molecule has 1 unspecified atom stereocenters. The zero-order chi connectivity index (χ0) is 15.4. The van der Waals surface area contributed by atoms with Crippen LogP contribution in [0.3, 0.4) is 0 Å². The Kier molecular flexibility index (Phi) is 4.89. The van der Waals surface area contributed by atoms with Gasteiger partial charge in [-0.25, -0.2) is 0 Å². The fraction of sp³-hybridized carbons (Fsp3) is 0.462. The van der Waals surface area contributed by atoms with Crippen LogP contribution in [0.1, 0.15) is 6.42 Å². The number of benzene rings is 1. The molecule has 21 heavy (non-hydrogen) atoms. The number of aliphatic carboxylic acids is 1. The van der Waals surface area contributed by atoms with Gasteiger partial charge in [0.1, 0.15) is 11.4 Å². The summed E-state index contributed by atoms with van der Waals surface area (Å²) in [6, 6.07) is 4.27. The molecule has 1 N–H and O–H groups in total. The highest BCUT2D eigenvalue weighted by molar-refractivity contribution is 7.99. The number of hydrogen-bond acceptors (Lipinski definition) is 6. The van der Waals surface area contributed by atoms with Gasteiger partial charge in [-0.1, -0.05) is 0 Å². The fourth-order valence-corrected chi connectivity index (χ4v) is 3.42. The smallest absolute Gasteiger partial charge is 0.305 e. The lowest BCUT2D eigenvalue weighted by atomic mass is 10.1. The van der Waals surface area contributed by atoms with E-state index in [2.05, 4.69) is 0 Å². The standard InChI is InChI=1S/C13H16N2O5S/c1-20-10-2-3-11(15(18)19)12(7-10)14-4-5-21-8-9(14)6-13(16)17/h2-3,7,9H,4-6,8H2,1H3,(H,16,17). The van der Waals surface area contributed by atoms with Crippen molar-refractivity contribution in [2.24, 2.45) is 0 Å². The van der Waals surface area contributed by atoms with Crippen molar-refractivity contribution in [2.75, 3.05) is 30.1 Å². The number of rotatable bonds is 5. The Balaban J connectivity index is 2.40. The van der Waals surface area contributed by atoms with E-state index >= 15 is 0 Å². The third-order valence-electron chi connectivity index (χ3n) is 3.33. The molecular weight excluding hydrogens is 296 g/mol. The molecule has 1 heterocycles. The van der Waals surface area contributed by atoms with Crippen LogP contribution in [0, 0.1) is 10.1 Å². The molecule has 114 valence electrons. The van der Waals surface area contributed by atoms with Crippen LogP contribution in [0.4, 0.5) is 11.4 Å². The number of carboxylic acid groups (broad SMARTS) is 1. The predicted molar refractivity (Wildman–Crippen MR) is 80.4 cm³/mol. The lowest BCUT2D eigenvalue weighted by Crippen LogP contribution is -2.44. The first kappa shape index (κ1) is 15.4. The molecule has 1 atom stereocenters. The first-order valence-electron chi connectivity index (χ1n) is 6.41. The average molecular weight is 312 g/mol. The third-order valence-corrected chi connectivity index (χ3v) is 4.42. The van der Waals surface area contributed by atoms with E-state index in [1.54, 1.807) is 17.8 Å². The Bertz CT molecular complexity index is 551. The Morgan fingerprint density at radius 2 is 2.38 bits per heavy atom. The van der Waals surface area contributed by atoms with E-state index in [1.165, 1.54) is 19.2 Å². The second-order valence-corrected chi connectivity index (χ2v) is 5.78. The number of carboxylic acids is 1. The Hall–Kier alpha value is -1.96. The number of thioether (sulfide) groups is 1. The van der Waals surface area contributed by atoms with E-state index in [9.17, 15) is 14.9 Å². The summed E-state index contributed by atoms with van der Waals surface area (Å²) in [5.74, 6) is 1.06. The summed E-state index contributed by atoms with van der Waals surface area (Å²) in [7, 11) is 1.49. The summed E-state index contributed by atoms with van der Waals surface area (Å²) in [6.45, 7) is 0.580. The molecule has 0 bridgehead atoms. The monoisotopic (exact) mass is 312 g/mol. The molecule has 0 amide bonds. The van der Waals surface area contributed by atoms with Crippen LogP contribution >= 0.6 is 11.8 Å². The molecular formula is C13H16N2O5S. The molecule has 0 aromatic heterocycles. The van der Waals surface area contributed by atoms with Crippen LogP contribution < -0.4 is 9.64 Å². The molecule has 1 fully saturated rings. The predicted octanol–water partition coefficient (Wildman–Crippen LogP) is 2.00. The number of nitrogens with zero attached hydrogens (tertiary/aromatic N) is 2. The van der Waals surface area contributed by atoms with Gasteiger partial charge in [0.25, 0.3) is 5.69 Å². The highest BCUT2D eigenvalue weighted by Crippen LogP contribution is 2.36. The summed E-state index contributed by atoms with van der Waals surface area (Å²) in [6.07, 6.45) is -0.0403. The van der Waals surface area contributed by atoms with E-state index in [-0.39, 0.29) is 18.2 Å². The molecule has 0 aliphatic carbocycles. The minimum absolute atomic E-state index is 0.0295. The van der Waals surface area contributed by atoms with Crippen molar-refractivity contribution in [3.63, 3.8) is 0 Å². The minimum atomic E-state index is -0.905. The Morgan fingerprint density at radius 3 is 3.00 bits per heavy atom. The van der Waals surface area contributed by atoms with Crippen LogP contribution in [0.2, 0.25) is 0 Å². The molecule has 0 radical (unpaired) electrons. The van der Waals surface area contributed by atoms with Crippen molar-refractivity contribution in [1.29, 1.82) is 0 Å². The van der Waals surface area contributed by atoms with Crippen molar-refractivity contribution in [1.82, 2.24) is 0 Å². The highest BCUT2D eigenvalue weighted by Gasteiger charge is 2.30. The molecule has 1 aliphatic heterocycles. The summed E-state index contributed by atoms with van der Waals surface area (Å²) in [5, 5.41) is 20.2. The van der Waals surface area contributed by atoms with Gasteiger partial charge in [-0.15, -0.1) is 0 Å². The van der Waals surface area contributed by atoms with Gasteiger partial charge in [0, 0.05) is 36.2 Å². The second kappa shape index (κ2) is 6.66. The zero-order valence-corrected chi connectivity index (χ0v) is 12.3. The third kappa shape index (κ3) is 3.57. The SMILES string of the molecule is COc1ccc([N+](=O)[O-])c(N2CCSCC2CC(=O)O)c1. The maximum Gasteiger partial charge on any atom is 0.305 e. The number of ether oxygens (including phenoxy) is 1. The highest BCUT2D eigenvalue weighted by atomic mass is 32.2. The topological polar surface area (TPSA) is 92.9 Å². The first-order valence-corrected chi connectivity index (χ1v) is 7.57. The van der Waals surface area contributed by atoms with Crippen LogP contribution in [-0.2, 0) is 4.79 Å². The lowest BCUT2D eigenvalue weighted by Gasteiger charge is -2.36. The summed E-state index contributed by atoms with van der Waals surface area (Å²) in [5.41, 5.74) is 0.393. The summed E-state index contributed by atoms with van der Waals surface area (Å²) >= 11 is 1.66. The van der Waals surface area contributed by atoms with Gasteiger partial charge in [-0.3, -0.25) is 14.9 Å². The van der Waals surface area contributed by atoms with Gasteiger partial charge in [0.05, 0.1) is 18.5 Å². The van der Waals surface area contributed by atoms with Crippen molar-refractivity contribution in [2.45, 2.75) is 12.5 Å². The number of nitro benzene ring substituents is 1. The van der Waals surface area contributed by atoms with Gasteiger partial charge in [-0.2, -0.15) is 11.8 Å². The van der Waals surface area contributed by atoms with E-state index in [4.69, 9.17) is 9.84 Å². The maximum absolute atomic E-state index is 11.2. The van der Waals surface area contributed by atoms with Crippen LogP contribution in [0.5, 0.6) is 5.75 Å². The van der Waals surface area contributed by atoms with Gasteiger partial charge >= 0.3 is 5.97 Å². The molecule has 2 rings (SSSR count). The normalized spacial score (nSPS) is 18.3. The molecule has 1 aromatic carbocycles. The quantitative estimate of drug-likeness (QED) is 0.656. The van der Waals surface area contributed by atoms with Crippen molar-refractivity contribution >= 4 is 29.1 Å². The van der Waals surface area contributed by atoms with E-state index in [0.717, 1.165) is 5.75 Å². The largest absolute Gasteiger partial charge is 0.497 e. The molecule has 1 aliphatic rings. The maximum atomic E-state index is 11.2. The van der Waals surface area contributed by atoms with E-state index in [1.807, 2.05) is 4.90 Å². The van der Waals surface area contributed by atoms with Gasteiger partial charge in [0.15, 0.2) is 0 Å². The van der Waals surface area contributed by atoms with Crippen molar-refractivity contribution < 1.29 is 19.6 Å². The summed E-state index contributed by atoms with van der Waals surface area (Å²) in [4.78, 5) is 23.6. The first-order chi connectivity index (χ1) is 10.0. The molecule has 8 heteroatoms. The van der Waals surface area contributed by atoms with E-state index in [0.29, 0.717) is 23.7 Å². The average Bonchev–Trinajstić information content (AvgIpc) is 2.46. The number of methoxy groups -OCH3 is 1. The van der Waals surface area contributed by atoms with Crippen LogP contribution in [0.15, 0.2) is 18.2 Å².